The Kier molecular flexibility index (Phi) is 5.87. The fraction of sp³-hybridized carbons (Fsp3) is 0.833. The lowest BCUT2D eigenvalue weighted by Crippen LogP contribution is -2.35. The highest BCUT2D eigenvalue weighted by Gasteiger charge is 2.21. The van der Waals surface area contributed by atoms with Crippen LogP contribution in [0.1, 0.15) is 38.5 Å². The number of amides is 1. The summed E-state index contributed by atoms with van der Waals surface area (Å²) in [6.07, 6.45) is 6.39. The Morgan fingerprint density at radius 3 is 2.75 bits per heavy atom. The van der Waals surface area contributed by atoms with Gasteiger partial charge < -0.3 is 5.32 Å². The SMILES string of the molecule is CNC(=O)CCCN(CC#N)C1CCCC1. The lowest BCUT2D eigenvalue weighted by molar-refractivity contribution is -0.120. The highest BCUT2D eigenvalue weighted by molar-refractivity contribution is 5.75. The maximum absolute atomic E-state index is 11.1. The van der Waals surface area contributed by atoms with Crippen molar-refractivity contribution in [3.63, 3.8) is 0 Å². The standard InChI is InChI=1S/C12H21N3O/c1-14-12(16)7-4-9-15(10-8-13)11-5-2-3-6-11/h11H,2-7,9-10H2,1H3,(H,14,16). The fourth-order valence-electron chi connectivity index (χ4n) is 2.32. The van der Waals surface area contributed by atoms with Gasteiger partial charge in [-0.15, -0.1) is 0 Å². The van der Waals surface area contributed by atoms with Crippen molar-refractivity contribution in [2.75, 3.05) is 20.1 Å². The van der Waals surface area contributed by atoms with Crippen molar-refractivity contribution in [1.82, 2.24) is 10.2 Å². The van der Waals surface area contributed by atoms with Crippen molar-refractivity contribution < 1.29 is 4.79 Å². The molecule has 1 saturated carbocycles. The van der Waals surface area contributed by atoms with Crippen LogP contribution in [0.2, 0.25) is 0 Å². The van der Waals surface area contributed by atoms with Gasteiger partial charge in [0.25, 0.3) is 0 Å². The van der Waals surface area contributed by atoms with Crippen molar-refractivity contribution in [1.29, 1.82) is 5.26 Å². The minimum Gasteiger partial charge on any atom is -0.359 e. The molecule has 1 aliphatic carbocycles. The maximum Gasteiger partial charge on any atom is 0.219 e. The maximum atomic E-state index is 11.1. The third-order valence-electron chi connectivity index (χ3n) is 3.24. The molecule has 0 radical (unpaired) electrons. The van der Waals surface area contributed by atoms with Crippen LogP contribution in [0.25, 0.3) is 0 Å². The van der Waals surface area contributed by atoms with Gasteiger partial charge in [-0.05, 0) is 25.8 Å². The Balaban J connectivity index is 2.27. The van der Waals surface area contributed by atoms with E-state index in [0.29, 0.717) is 19.0 Å². The first-order chi connectivity index (χ1) is 7.77. The number of carbonyl (C=O) groups is 1. The Labute approximate surface area is 97.6 Å². The molecule has 0 saturated heterocycles. The van der Waals surface area contributed by atoms with Crippen LogP contribution in [0.3, 0.4) is 0 Å². The van der Waals surface area contributed by atoms with Gasteiger partial charge in [-0.1, -0.05) is 12.8 Å². The number of carbonyl (C=O) groups excluding carboxylic acids is 1. The summed E-state index contributed by atoms with van der Waals surface area (Å²) in [5.41, 5.74) is 0. The van der Waals surface area contributed by atoms with Crippen LogP contribution < -0.4 is 5.32 Å². The van der Waals surface area contributed by atoms with Crippen molar-refractivity contribution in [3.05, 3.63) is 0 Å². The summed E-state index contributed by atoms with van der Waals surface area (Å²) in [6, 6.07) is 2.80. The molecule has 0 heterocycles. The van der Waals surface area contributed by atoms with E-state index >= 15 is 0 Å². The number of nitrogens with one attached hydrogen (secondary N) is 1. The first-order valence-corrected chi connectivity index (χ1v) is 6.09. The number of nitrogens with zero attached hydrogens (tertiary/aromatic N) is 2. The third kappa shape index (κ3) is 4.19. The zero-order valence-corrected chi connectivity index (χ0v) is 10.0. The summed E-state index contributed by atoms with van der Waals surface area (Å²) >= 11 is 0. The van der Waals surface area contributed by atoms with E-state index in [1.54, 1.807) is 7.05 Å². The van der Waals surface area contributed by atoms with Crippen LogP contribution in [-0.4, -0.2) is 37.0 Å². The van der Waals surface area contributed by atoms with Gasteiger partial charge >= 0.3 is 0 Å². The lowest BCUT2D eigenvalue weighted by Gasteiger charge is -2.25. The van der Waals surface area contributed by atoms with Gasteiger partial charge in [0.15, 0.2) is 0 Å². The first kappa shape index (κ1) is 13.0. The fourth-order valence-corrected chi connectivity index (χ4v) is 2.32. The molecule has 1 amide bonds. The van der Waals surface area contributed by atoms with E-state index in [-0.39, 0.29) is 5.91 Å². The third-order valence-corrected chi connectivity index (χ3v) is 3.24. The highest BCUT2D eigenvalue weighted by atomic mass is 16.1. The van der Waals surface area contributed by atoms with Gasteiger partial charge in [0.1, 0.15) is 0 Å². The predicted octanol–water partition coefficient (Wildman–Crippen LogP) is 1.28. The van der Waals surface area contributed by atoms with E-state index in [9.17, 15) is 4.79 Å². The molecule has 1 fully saturated rings. The van der Waals surface area contributed by atoms with E-state index < -0.39 is 0 Å². The summed E-state index contributed by atoms with van der Waals surface area (Å²) in [5.74, 6) is 0.0864. The second-order valence-corrected chi connectivity index (χ2v) is 4.34. The van der Waals surface area contributed by atoms with E-state index in [4.69, 9.17) is 5.26 Å². The Morgan fingerprint density at radius 1 is 1.50 bits per heavy atom. The zero-order valence-electron chi connectivity index (χ0n) is 10.0. The van der Waals surface area contributed by atoms with Crippen LogP contribution in [0.5, 0.6) is 0 Å². The average Bonchev–Trinajstić information content (AvgIpc) is 2.81. The minimum absolute atomic E-state index is 0.0864. The molecule has 0 unspecified atom stereocenters. The van der Waals surface area contributed by atoms with Gasteiger partial charge in [0.05, 0.1) is 12.6 Å². The van der Waals surface area contributed by atoms with E-state index in [1.165, 1.54) is 25.7 Å². The quantitative estimate of drug-likeness (QED) is 0.690. The summed E-state index contributed by atoms with van der Waals surface area (Å²) in [4.78, 5) is 13.3. The minimum atomic E-state index is 0.0864. The van der Waals surface area contributed by atoms with Crippen molar-refractivity contribution >= 4 is 5.91 Å². The second-order valence-electron chi connectivity index (χ2n) is 4.34. The molecule has 1 N–H and O–H groups in total. The Morgan fingerprint density at radius 2 is 2.19 bits per heavy atom. The van der Waals surface area contributed by atoms with Crippen LogP contribution >= 0.6 is 0 Å². The van der Waals surface area contributed by atoms with Crippen molar-refractivity contribution in [2.24, 2.45) is 0 Å². The highest BCUT2D eigenvalue weighted by Crippen LogP contribution is 2.23. The first-order valence-electron chi connectivity index (χ1n) is 6.09. The smallest absolute Gasteiger partial charge is 0.219 e. The molecule has 1 rings (SSSR count). The van der Waals surface area contributed by atoms with Gasteiger partial charge in [0, 0.05) is 19.5 Å². The largest absolute Gasteiger partial charge is 0.359 e. The summed E-state index contributed by atoms with van der Waals surface area (Å²) in [6.45, 7) is 1.37. The molecule has 90 valence electrons. The number of hydrogen-bond donors (Lipinski definition) is 1. The van der Waals surface area contributed by atoms with E-state index in [2.05, 4.69) is 16.3 Å². The molecule has 1 aliphatic rings. The van der Waals surface area contributed by atoms with Gasteiger partial charge in [-0.2, -0.15) is 5.26 Å². The molecular weight excluding hydrogens is 202 g/mol. The molecule has 0 bridgehead atoms. The molecule has 4 nitrogen and oxygen atoms in total. The lowest BCUT2D eigenvalue weighted by atomic mass is 10.2. The van der Waals surface area contributed by atoms with Crippen LogP contribution in [0, 0.1) is 11.3 Å². The molecule has 0 aromatic heterocycles. The molecule has 0 spiro atoms. The second kappa shape index (κ2) is 7.24. The van der Waals surface area contributed by atoms with Crippen molar-refractivity contribution in [3.8, 4) is 6.07 Å². The van der Waals surface area contributed by atoms with Gasteiger partial charge in [-0.3, -0.25) is 9.69 Å². The molecule has 0 aromatic carbocycles. The van der Waals surface area contributed by atoms with Crippen LogP contribution in [0.4, 0.5) is 0 Å². The molecule has 0 atom stereocenters. The van der Waals surface area contributed by atoms with E-state index in [0.717, 1.165) is 13.0 Å². The predicted molar refractivity (Wildman–Crippen MR) is 62.7 cm³/mol. The number of nitriles is 1. The van der Waals surface area contributed by atoms with E-state index in [1.807, 2.05) is 0 Å². The van der Waals surface area contributed by atoms with Crippen molar-refractivity contribution in [2.45, 2.75) is 44.6 Å². The number of hydrogen-bond acceptors (Lipinski definition) is 3. The average molecular weight is 223 g/mol. The molecule has 0 aliphatic heterocycles. The molecular formula is C12H21N3O. The van der Waals surface area contributed by atoms with Gasteiger partial charge in [-0.25, -0.2) is 0 Å². The zero-order chi connectivity index (χ0) is 11.8. The summed E-state index contributed by atoms with van der Waals surface area (Å²) in [5, 5.41) is 11.4. The normalized spacial score (nSPS) is 16.3. The number of rotatable bonds is 6. The van der Waals surface area contributed by atoms with Crippen LogP contribution in [0.15, 0.2) is 0 Å². The Bertz CT molecular complexity index is 253. The van der Waals surface area contributed by atoms with Crippen LogP contribution in [-0.2, 0) is 4.79 Å². The summed E-state index contributed by atoms with van der Waals surface area (Å²) in [7, 11) is 1.66. The monoisotopic (exact) mass is 223 g/mol. The summed E-state index contributed by atoms with van der Waals surface area (Å²) < 4.78 is 0. The molecule has 4 heteroatoms. The molecule has 0 aromatic rings. The molecule has 16 heavy (non-hydrogen) atoms. The Hall–Kier alpha value is -1.08. The topological polar surface area (TPSA) is 56.1 Å². The van der Waals surface area contributed by atoms with Gasteiger partial charge in [0.2, 0.25) is 5.91 Å².